The maximum Gasteiger partial charge on any atom is 0.168 e. The Morgan fingerprint density at radius 3 is 2.60 bits per heavy atom. The number of hydrogen-bond acceptors (Lipinski definition) is 11. The summed E-state index contributed by atoms with van der Waals surface area (Å²) in [7, 11) is 6.89. The normalized spacial score (nSPS) is 16.7. The molecule has 0 spiro atoms. The van der Waals surface area contributed by atoms with Gasteiger partial charge in [-0.1, -0.05) is 58.3 Å². The molecule has 2 unspecified atom stereocenters. The van der Waals surface area contributed by atoms with E-state index in [-0.39, 0.29) is 55.2 Å². The lowest BCUT2D eigenvalue weighted by Crippen LogP contribution is -2.28. The molecule has 11 heteroatoms. The molecule has 1 heterocycles. The summed E-state index contributed by atoms with van der Waals surface area (Å²) in [5.41, 5.74) is 5.75. The van der Waals surface area contributed by atoms with Gasteiger partial charge in [-0.15, -0.1) is 0 Å². The number of carbonyl (C=O) groups is 2. The van der Waals surface area contributed by atoms with Gasteiger partial charge in [0.15, 0.2) is 11.5 Å². The molecule has 0 bridgehead atoms. The third-order valence-electron chi connectivity index (χ3n) is 8.95. The van der Waals surface area contributed by atoms with Gasteiger partial charge in [0.05, 0.1) is 26.4 Å². The lowest BCUT2D eigenvalue weighted by molar-refractivity contribution is -0.124. The molecule has 50 heavy (non-hydrogen) atoms. The third kappa shape index (κ3) is 9.32. The highest BCUT2D eigenvalue weighted by atomic mass is 33.1. The molecule has 0 radical (unpaired) electrons. The van der Waals surface area contributed by atoms with Gasteiger partial charge in [-0.05, 0) is 96.6 Å². The molecule has 0 fully saturated rings. The van der Waals surface area contributed by atoms with Crippen LogP contribution in [0.5, 0.6) is 17.2 Å². The molecule has 1 aliphatic rings. The smallest absolute Gasteiger partial charge is 0.168 e. The van der Waals surface area contributed by atoms with Gasteiger partial charge < -0.3 is 30.1 Å². The molecule has 0 aliphatic carbocycles. The molecule has 266 valence electrons. The van der Waals surface area contributed by atoms with Crippen molar-refractivity contribution in [1.29, 1.82) is 0 Å². The zero-order valence-electron chi connectivity index (χ0n) is 28.8. The highest BCUT2D eigenvalue weighted by Crippen LogP contribution is 2.45. The number of phenols is 2. The molecule has 0 aromatic heterocycles. The minimum atomic E-state index is -0.505. The molecule has 4 aromatic carbocycles. The number of aliphatic hydroxyl groups excluding tert-OH is 1. The summed E-state index contributed by atoms with van der Waals surface area (Å²) in [6.07, 6.45) is 2.70. The van der Waals surface area contributed by atoms with Crippen LogP contribution in [-0.2, 0) is 33.1 Å². The van der Waals surface area contributed by atoms with Gasteiger partial charge in [0, 0.05) is 41.2 Å². The molecule has 2 atom stereocenters. The number of Topliss-reactive ketones (excluding diaryl/α,β-unsaturated/α-hetero) is 2. The van der Waals surface area contributed by atoms with E-state index in [0.717, 1.165) is 57.2 Å². The number of aliphatic hydroxyl groups is 1. The summed E-state index contributed by atoms with van der Waals surface area (Å²) < 4.78 is 12.4. The van der Waals surface area contributed by atoms with Gasteiger partial charge in [0.2, 0.25) is 0 Å². The van der Waals surface area contributed by atoms with E-state index in [2.05, 4.69) is 10.6 Å². The second kappa shape index (κ2) is 18.0. The Morgan fingerprint density at radius 2 is 1.84 bits per heavy atom. The van der Waals surface area contributed by atoms with Gasteiger partial charge in [-0.2, -0.15) is 0 Å². The quantitative estimate of drug-likeness (QED) is 0.0861. The van der Waals surface area contributed by atoms with Crippen LogP contribution in [0.25, 0.3) is 21.9 Å². The van der Waals surface area contributed by atoms with Crippen molar-refractivity contribution in [3.05, 3.63) is 82.9 Å². The first kappa shape index (κ1) is 37.5. The fraction of sp³-hybridized carbons (Fsp3) is 0.385. The summed E-state index contributed by atoms with van der Waals surface area (Å²) in [5, 5.41) is 39.6. The molecule has 0 saturated heterocycles. The van der Waals surface area contributed by atoms with Gasteiger partial charge in [0.25, 0.3) is 0 Å². The summed E-state index contributed by atoms with van der Waals surface area (Å²) in [6, 6.07) is 18.5. The molecule has 5 rings (SSSR count). The highest BCUT2D eigenvalue weighted by molar-refractivity contribution is 8.76. The molecular weight excluding hydrogens is 673 g/mol. The van der Waals surface area contributed by atoms with Crippen LogP contribution < -0.4 is 15.4 Å². The van der Waals surface area contributed by atoms with Crippen molar-refractivity contribution in [2.75, 3.05) is 31.8 Å². The monoisotopic (exact) mass is 718 g/mol. The number of methoxy groups -OCH3 is 1. The highest BCUT2D eigenvalue weighted by Gasteiger charge is 2.24. The van der Waals surface area contributed by atoms with E-state index in [9.17, 15) is 24.9 Å². The van der Waals surface area contributed by atoms with Crippen molar-refractivity contribution in [3.63, 3.8) is 0 Å². The maximum absolute atomic E-state index is 13.7. The summed E-state index contributed by atoms with van der Waals surface area (Å²) in [6.45, 7) is 1.48. The predicted molar refractivity (Wildman–Crippen MR) is 203 cm³/mol. The molecule has 0 amide bonds. The van der Waals surface area contributed by atoms with Crippen molar-refractivity contribution < 1.29 is 34.4 Å². The second-order valence-corrected chi connectivity index (χ2v) is 15.1. The van der Waals surface area contributed by atoms with Crippen molar-refractivity contribution in [2.45, 2.75) is 70.1 Å². The van der Waals surface area contributed by atoms with E-state index >= 15 is 0 Å². The van der Waals surface area contributed by atoms with Crippen LogP contribution in [0.15, 0.2) is 60.7 Å². The summed E-state index contributed by atoms with van der Waals surface area (Å²) in [4.78, 5) is 25.2. The number of hydrogen-bond donors (Lipinski definition) is 5. The van der Waals surface area contributed by atoms with Crippen LogP contribution in [0.1, 0.15) is 67.5 Å². The average molecular weight is 719 g/mol. The molecule has 5 N–H and O–H groups in total. The number of ether oxygens (including phenoxy) is 2. The largest absolute Gasteiger partial charge is 0.508 e. The Kier molecular flexibility index (Phi) is 13.5. The lowest BCUT2D eigenvalue weighted by atomic mass is 9.89. The predicted octanol–water partition coefficient (Wildman–Crippen LogP) is 7.68. The van der Waals surface area contributed by atoms with E-state index in [4.69, 9.17) is 9.47 Å². The molecule has 9 nitrogen and oxygen atoms in total. The third-order valence-corrected chi connectivity index (χ3v) is 11.3. The number of fused-ring (bicyclic) bond motifs is 5. The van der Waals surface area contributed by atoms with Crippen molar-refractivity contribution >= 4 is 49.6 Å². The number of benzene rings is 4. The van der Waals surface area contributed by atoms with E-state index in [1.54, 1.807) is 46.8 Å². The van der Waals surface area contributed by atoms with E-state index < -0.39 is 6.23 Å². The molecular formula is C39H46N2O7S2. The topological polar surface area (TPSA) is 137 Å². The standard InChI is InChI=1S/C39H46N2O7S2/c1-24(43)21-41-35-15-10-27(18-28(35)22-42)39(40-2)48-31-6-4-5-17-49-50-23-34-32(14-9-25-7-12-30(45)20-33(25)34)37-26(8-13-29(44)19-31)11-16-36(46)38(37)47-3/h7,9-12,14-16,18,20,31,39-42,45-46H,4-6,8,13,17,19,21-23H2,1-3H3. The lowest BCUT2D eigenvalue weighted by Gasteiger charge is -2.26. The number of ketones is 2. The average Bonchev–Trinajstić information content (AvgIpc) is 3.11. The van der Waals surface area contributed by atoms with Crippen molar-refractivity contribution in [1.82, 2.24) is 5.32 Å². The minimum Gasteiger partial charge on any atom is -0.508 e. The number of aromatic hydroxyl groups is 2. The van der Waals surface area contributed by atoms with Gasteiger partial charge in [-0.25, -0.2) is 0 Å². The van der Waals surface area contributed by atoms with Crippen LogP contribution >= 0.6 is 21.6 Å². The van der Waals surface area contributed by atoms with Gasteiger partial charge in [0.1, 0.15) is 23.5 Å². The van der Waals surface area contributed by atoms with Gasteiger partial charge in [-0.3, -0.25) is 14.9 Å². The van der Waals surface area contributed by atoms with Crippen LogP contribution in [0, 0.1) is 0 Å². The van der Waals surface area contributed by atoms with Crippen molar-refractivity contribution in [2.24, 2.45) is 0 Å². The Morgan fingerprint density at radius 1 is 1.02 bits per heavy atom. The number of phenolic OH excluding ortho intramolecular Hbond substituents is 2. The maximum atomic E-state index is 13.7. The van der Waals surface area contributed by atoms with Crippen LogP contribution in [0.2, 0.25) is 0 Å². The first-order valence-corrected chi connectivity index (χ1v) is 19.4. The van der Waals surface area contributed by atoms with Crippen LogP contribution in [0.3, 0.4) is 0 Å². The van der Waals surface area contributed by atoms with Crippen LogP contribution in [0.4, 0.5) is 5.69 Å². The number of aryl methyl sites for hydroxylation is 1. The SMILES string of the molecule is CNC(OC1CCCCSSCc2c(ccc3ccc(O)cc23)-c2c(ccc(O)c2OC)CCC(=O)C1)c1ccc(NCC(C)=O)c(CO)c1. The van der Waals surface area contributed by atoms with E-state index in [1.165, 1.54) is 14.0 Å². The molecule has 0 saturated carbocycles. The Hall–Kier alpha value is -3.74. The number of nitrogens with one attached hydrogen (secondary N) is 2. The first-order chi connectivity index (χ1) is 24.2. The van der Waals surface area contributed by atoms with Crippen molar-refractivity contribution in [3.8, 4) is 28.4 Å². The zero-order valence-corrected chi connectivity index (χ0v) is 30.4. The zero-order chi connectivity index (χ0) is 35.6. The first-order valence-electron chi connectivity index (χ1n) is 16.9. The fourth-order valence-corrected chi connectivity index (χ4v) is 8.69. The summed E-state index contributed by atoms with van der Waals surface area (Å²) >= 11 is 0. The van der Waals surface area contributed by atoms with E-state index in [0.29, 0.717) is 35.6 Å². The Balaban J connectivity index is 1.43. The second-order valence-electron chi connectivity index (χ2n) is 12.5. The fourth-order valence-electron chi connectivity index (χ4n) is 6.43. The number of anilines is 1. The molecule has 1 aliphatic heterocycles. The van der Waals surface area contributed by atoms with Crippen LogP contribution in [-0.4, -0.2) is 59.4 Å². The van der Waals surface area contributed by atoms with Gasteiger partial charge >= 0.3 is 0 Å². The molecule has 4 aromatic rings. The minimum absolute atomic E-state index is 0.00331. The Bertz CT molecular complexity index is 1820. The number of rotatable bonds is 9. The van der Waals surface area contributed by atoms with E-state index in [1.807, 2.05) is 42.5 Å². The Labute approximate surface area is 301 Å². The summed E-state index contributed by atoms with van der Waals surface area (Å²) in [5.74, 6) is 2.23. The number of carbonyl (C=O) groups excluding carboxylic acids is 2.